The van der Waals surface area contributed by atoms with Gasteiger partial charge in [0.2, 0.25) is 0 Å². The lowest BCUT2D eigenvalue weighted by Crippen LogP contribution is -2.34. The molecule has 4 nitrogen and oxygen atoms in total. The first kappa shape index (κ1) is 36.4. The first-order valence-corrected chi connectivity index (χ1v) is 17.7. The topological polar surface area (TPSA) is 30.0 Å². The van der Waals surface area contributed by atoms with E-state index < -0.39 is 0 Å². The van der Waals surface area contributed by atoms with Gasteiger partial charge in [0.1, 0.15) is 11.4 Å². The summed E-state index contributed by atoms with van der Waals surface area (Å²) in [6, 6.07) is 4.28. The Kier molecular flexibility index (Phi) is 21.9. The Labute approximate surface area is 250 Å². The Hall–Kier alpha value is -1.58. The molecule has 0 bridgehead atoms. The number of benzene rings is 1. The van der Waals surface area contributed by atoms with Crippen LogP contribution in [0.3, 0.4) is 0 Å². The van der Waals surface area contributed by atoms with E-state index in [1.54, 1.807) is 0 Å². The average Bonchev–Trinajstić information content (AvgIpc) is 2.95. The van der Waals surface area contributed by atoms with E-state index in [1.807, 2.05) is 6.07 Å². The molecular formula is C36H69N3O. The standard InChI is InChI=1S/C36H69N3O/c1-7-13-19-27-37(28-20-14-8-2)33-25-26-34(40)36(39(31-23-17-11-5)32-24-18-12-6)35(33)38(29-21-15-9-3)30-22-16-10-4/h25-26,40H,7-24,27-32H2,1-6H3. The van der Waals surface area contributed by atoms with E-state index in [9.17, 15) is 5.11 Å². The minimum atomic E-state index is 0.477. The van der Waals surface area contributed by atoms with Crippen LogP contribution in [0.15, 0.2) is 12.1 Å². The highest BCUT2D eigenvalue weighted by molar-refractivity contribution is 5.89. The SMILES string of the molecule is CCCCCN(CCCCC)c1ccc(O)c(N(CCCCC)CCCCC)c1N(CCCCC)CCCCC. The van der Waals surface area contributed by atoms with Crippen molar-refractivity contribution in [2.24, 2.45) is 0 Å². The van der Waals surface area contributed by atoms with Crippen LogP contribution in [0.5, 0.6) is 5.75 Å². The van der Waals surface area contributed by atoms with Crippen LogP contribution in [0.1, 0.15) is 157 Å². The number of hydrogen-bond acceptors (Lipinski definition) is 4. The predicted octanol–water partition coefficient (Wildman–Crippen LogP) is 11.0. The van der Waals surface area contributed by atoms with Crippen molar-refractivity contribution in [1.82, 2.24) is 0 Å². The maximum absolute atomic E-state index is 11.6. The van der Waals surface area contributed by atoms with Crippen molar-refractivity contribution in [3.8, 4) is 5.75 Å². The van der Waals surface area contributed by atoms with Crippen molar-refractivity contribution in [3.63, 3.8) is 0 Å². The van der Waals surface area contributed by atoms with Gasteiger partial charge in [-0.05, 0) is 50.7 Å². The minimum absolute atomic E-state index is 0.477. The van der Waals surface area contributed by atoms with E-state index in [0.29, 0.717) is 5.75 Å². The summed E-state index contributed by atoms with van der Waals surface area (Å²) in [4.78, 5) is 7.95. The predicted molar refractivity (Wildman–Crippen MR) is 182 cm³/mol. The molecule has 0 saturated carbocycles. The molecule has 0 amide bonds. The number of anilines is 3. The summed E-state index contributed by atoms with van der Waals surface area (Å²) in [5.74, 6) is 0.477. The van der Waals surface area contributed by atoms with Gasteiger partial charge in [0.15, 0.2) is 0 Å². The molecule has 1 N–H and O–H groups in total. The second kappa shape index (κ2) is 24.1. The first-order chi connectivity index (χ1) is 19.6. The maximum Gasteiger partial charge on any atom is 0.141 e. The van der Waals surface area contributed by atoms with Crippen LogP contribution < -0.4 is 14.7 Å². The van der Waals surface area contributed by atoms with E-state index in [4.69, 9.17) is 0 Å². The molecule has 4 heteroatoms. The largest absolute Gasteiger partial charge is 0.506 e. The number of nitrogens with zero attached hydrogens (tertiary/aromatic N) is 3. The smallest absolute Gasteiger partial charge is 0.141 e. The van der Waals surface area contributed by atoms with Gasteiger partial charge in [0, 0.05) is 39.3 Å². The molecule has 0 atom stereocenters. The summed E-state index contributed by atoms with van der Waals surface area (Å²) < 4.78 is 0. The van der Waals surface area contributed by atoms with Crippen LogP contribution in [0.25, 0.3) is 0 Å². The van der Waals surface area contributed by atoms with Gasteiger partial charge in [0.25, 0.3) is 0 Å². The zero-order valence-corrected chi connectivity index (χ0v) is 27.9. The molecule has 0 aliphatic rings. The van der Waals surface area contributed by atoms with Crippen molar-refractivity contribution in [1.29, 1.82) is 0 Å². The highest BCUT2D eigenvalue weighted by Gasteiger charge is 2.26. The lowest BCUT2D eigenvalue weighted by molar-refractivity contribution is 0.472. The molecular weight excluding hydrogens is 490 g/mol. The fraction of sp³-hybridized carbons (Fsp3) is 0.833. The molecule has 0 radical (unpaired) electrons. The van der Waals surface area contributed by atoms with Gasteiger partial charge in [-0.15, -0.1) is 0 Å². The molecule has 0 heterocycles. The summed E-state index contributed by atoms with van der Waals surface area (Å²) in [5.41, 5.74) is 3.81. The zero-order valence-electron chi connectivity index (χ0n) is 27.9. The second-order valence-corrected chi connectivity index (χ2v) is 12.0. The Morgan fingerprint density at radius 1 is 0.400 bits per heavy atom. The molecule has 0 aliphatic carbocycles. The highest BCUT2D eigenvalue weighted by atomic mass is 16.3. The van der Waals surface area contributed by atoms with Gasteiger partial charge < -0.3 is 19.8 Å². The first-order valence-electron chi connectivity index (χ1n) is 17.7. The van der Waals surface area contributed by atoms with Crippen LogP contribution in [0, 0.1) is 0 Å². The van der Waals surface area contributed by atoms with Crippen LogP contribution in [0.4, 0.5) is 17.1 Å². The van der Waals surface area contributed by atoms with E-state index in [-0.39, 0.29) is 0 Å². The van der Waals surface area contributed by atoms with Gasteiger partial charge in [-0.1, -0.05) is 119 Å². The molecule has 0 fully saturated rings. The maximum atomic E-state index is 11.6. The molecule has 1 rings (SSSR count). The van der Waals surface area contributed by atoms with Crippen molar-refractivity contribution >= 4 is 17.1 Å². The highest BCUT2D eigenvalue weighted by Crippen LogP contribution is 2.46. The molecule has 0 spiro atoms. The van der Waals surface area contributed by atoms with E-state index in [2.05, 4.69) is 62.3 Å². The Balaban J connectivity index is 3.72. The van der Waals surface area contributed by atoms with Gasteiger partial charge in [-0.25, -0.2) is 0 Å². The number of phenolic OH excluding ortho intramolecular Hbond substituents is 1. The van der Waals surface area contributed by atoms with Crippen LogP contribution >= 0.6 is 0 Å². The minimum Gasteiger partial charge on any atom is -0.506 e. The summed E-state index contributed by atoms with van der Waals surface area (Å²) >= 11 is 0. The number of rotatable bonds is 27. The van der Waals surface area contributed by atoms with Crippen molar-refractivity contribution < 1.29 is 5.11 Å². The summed E-state index contributed by atoms with van der Waals surface area (Å²) in [6.07, 6.45) is 22.3. The normalized spacial score (nSPS) is 11.2. The van der Waals surface area contributed by atoms with E-state index in [1.165, 1.54) is 127 Å². The molecule has 0 saturated heterocycles. The summed E-state index contributed by atoms with van der Waals surface area (Å²) in [7, 11) is 0. The number of aromatic hydroxyl groups is 1. The van der Waals surface area contributed by atoms with Crippen molar-refractivity contribution in [2.45, 2.75) is 157 Å². The summed E-state index contributed by atoms with van der Waals surface area (Å²) in [5, 5.41) is 11.6. The van der Waals surface area contributed by atoms with Gasteiger partial charge in [0.05, 0.1) is 11.4 Å². The van der Waals surface area contributed by atoms with Crippen LogP contribution in [0.2, 0.25) is 0 Å². The quantitative estimate of drug-likeness (QED) is 0.109. The third kappa shape index (κ3) is 13.9. The van der Waals surface area contributed by atoms with E-state index >= 15 is 0 Å². The molecule has 1 aromatic carbocycles. The van der Waals surface area contributed by atoms with Gasteiger partial charge >= 0.3 is 0 Å². The fourth-order valence-electron chi connectivity index (χ4n) is 5.78. The summed E-state index contributed by atoms with van der Waals surface area (Å²) in [6.45, 7) is 20.2. The third-order valence-corrected chi connectivity index (χ3v) is 8.27. The van der Waals surface area contributed by atoms with Crippen LogP contribution in [-0.2, 0) is 0 Å². The number of phenols is 1. The lowest BCUT2D eigenvalue weighted by atomic mass is 10.1. The fourth-order valence-corrected chi connectivity index (χ4v) is 5.78. The third-order valence-electron chi connectivity index (χ3n) is 8.27. The van der Waals surface area contributed by atoms with Crippen molar-refractivity contribution in [2.75, 3.05) is 54.0 Å². The van der Waals surface area contributed by atoms with Gasteiger partial charge in [-0.3, -0.25) is 0 Å². The Morgan fingerprint density at radius 3 is 1.02 bits per heavy atom. The van der Waals surface area contributed by atoms with Crippen LogP contribution in [-0.4, -0.2) is 44.4 Å². The average molecular weight is 560 g/mol. The Bertz CT molecular complexity index is 692. The monoisotopic (exact) mass is 560 g/mol. The molecule has 1 aromatic rings. The van der Waals surface area contributed by atoms with Gasteiger partial charge in [-0.2, -0.15) is 0 Å². The number of unbranched alkanes of at least 4 members (excludes halogenated alkanes) is 12. The van der Waals surface area contributed by atoms with E-state index in [0.717, 1.165) is 45.0 Å². The zero-order chi connectivity index (χ0) is 29.4. The number of hydrogen-bond donors (Lipinski definition) is 1. The second-order valence-electron chi connectivity index (χ2n) is 12.0. The van der Waals surface area contributed by atoms with Crippen molar-refractivity contribution in [3.05, 3.63) is 12.1 Å². The molecule has 40 heavy (non-hydrogen) atoms. The molecule has 0 aliphatic heterocycles. The lowest BCUT2D eigenvalue weighted by Gasteiger charge is -2.38. The Morgan fingerprint density at radius 2 is 0.700 bits per heavy atom. The molecule has 0 unspecified atom stereocenters. The molecule has 0 aromatic heterocycles. The molecule has 234 valence electrons.